The number of aromatic nitrogens is 2. The molecule has 0 saturated carbocycles. The van der Waals surface area contributed by atoms with Crippen molar-refractivity contribution in [1.82, 2.24) is 9.55 Å². The van der Waals surface area contributed by atoms with E-state index in [2.05, 4.69) is 29.4 Å². The van der Waals surface area contributed by atoms with Gasteiger partial charge in [-0.25, -0.2) is 0 Å². The van der Waals surface area contributed by atoms with Crippen molar-refractivity contribution >= 4 is 23.5 Å². The Hall–Kier alpha value is -2.86. The molecule has 0 fully saturated rings. The Morgan fingerprint density at radius 2 is 1.82 bits per heavy atom. The fourth-order valence-electron chi connectivity index (χ4n) is 3.55. The topological polar surface area (TPSA) is 64.0 Å². The van der Waals surface area contributed by atoms with Crippen molar-refractivity contribution < 1.29 is 4.79 Å². The average molecular weight is 391 g/mol. The van der Waals surface area contributed by atoms with Gasteiger partial charge in [0.2, 0.25) is 5.91 Å². The number of carbonyl (C=O) groups excluding carboxylic acids is 1. The molecule has 1 amide bonds. The van der Waals surface area contributed by atoms with Crippen LogP contribution in [-0.2, 0) is 17.6 Å². The lowest BCUT2D eigenvalue weighted by atomic mass is 9.87. The number of hydrogen-bond donors (Lipinski definition) is 1. The van der Waals surface area contributed by atoms with Crippen LogP contribution in [0.15, 0.2) is 64.5 Å². The molecule has 0 aliphatic carbocycles. The van der Waals surface area contributed by atoms with Crippen molar-refractivity contribution in [2.24, 2.45) is 7.05 Å². The van der Waals surface area contributed by atoms with E-state index in [1.807, 2.05) is 54.1 Å². The maximum atomic E-state index is 12.9. The molecule has 0 bridgehead atoms. The summed E-state index contributed by atoms with van der Waals surface area (Å²) in [4.78, 5) is 29.6. The fraction of sp³-hybridized carbons (Fsp3) is 0.227. The van der Waals surface area contributed by atoms with Crippen molar-refractivity contribution in [3.63, 3.8) is 0 Å². The molecule has 1 atom stereocenters. The molecule has 2 heterocycles. The van der Waals surface area contributed by atoms with Gasteiger partial charge in [0.05, 0.1) is 5.56 Å². The molecular formula is C22H21N3O2S. The number of hydrogen-bond acceptors (Lipinski definition) is 4. The highest BCUT2D eigenvalue weighted by Gasteiger charge is 2.31. The number of carbonyl (C=O) groups is 1. The maximum absolute atomic E-state index is 12.9. The molecule has 28 heavy (non-hydrogen) atoms. The van der Waals surface area contributed by atoms with E-state index in [0.717, 1.165) is 5.56 Å². The number of benzene rings is 2. The number of amides is 1. The summed E-state index contributed by atoms with van der Waals surface area (Å²) in [5, 5.41) is 3.49. The lowest BCUT2D eigenvalue weighted by Crippen LogP contribution is -2.33. The van der Waals surface area contributed by atoms with Crippen LogP contribution in [0.2, 0.25) is 0 Å². The van der Waals surface area contributed by atoms with Crippen molar-refractivity contribution in [2.75, 3.05) is 5.32 Å². The molecule has 5 nitrogen and oxygen atoms in total. The summed E-state index contributed by atoms with van der Waals surface area (Å²) in [5.41, 5.74) is 3.65. The minimum atomic E-state index is -0.272. The number of anilines is 1. The fourth-order valence-corrected chi connectivity index (χ4v) is 4.59. The zero-order chi connectivity index (χ0) is 19.7. The smallest absolute Gasteiger partial charge is 0.279 e. The van der Waals surface area contributed by atoms with E-state index in [1.165, 1.54) is 22.9 Å². The Labute approximate surface area is 167 Å². The molecule has 0 spiro atoms. The van der Waals surface area contributed by atoms with E-state index in [9.17, 15) is 9.59 Å². The third-order valence-electron chi connectivity index (χ3n) is 5.12. The molecule has 1 aliphatic rings. The molecule has 1 N–H and O–H groups in total. The van der Waals surface area contributed by atoms with Crippen LogP contribution in [0.25, 0.3) is 0 Å². The number of fused-ring (bicyclic) bond motifs is 1. The minimum Gasteiger partial charge on any atom is -0.312 e. The first kappa shape index (κ1) is 18.5. The zero-order valence-electron chi connectivity index (χ0n) is 15.8. The quantitative estimate of drug-likeness (QED) is 0.542. The van der Waals surface area contributed by atoms with Gasteiger partial charge in [-0.15, -0.1) is 0 Å². The van der Waals surface area contributed by atoms with Gasteiger partial charge in [0.15, 0.2) is 5.16 Å². The third kappa shape index (κ3) is 3.47. The first-order valence-electron chi connectivity index (χ1n) is 9.17. The average Bonchev–Trinajstić information content (AvgIpc) is 2.70. The van der Waals surface area contributed by atoms with E-state index >= 15 is 0 Å². The number of thioether (sulfide) groups is 1. The highest BCUT2D eigenvalue weighted by atomic mass is 32.2. The second-order valence-electron chi connectivity index (χ2n) is 6.95. The lowest BCUT2D eigenvalue weighted by Gasteiger charge is -2.27. The highest BCUT2D eigenvalue weighted by Crippen LogP contribution is 2.36. The van der Waals surface area contributed by atoms with Gasteiger partial charge in [-0.05, 0) is 23.6 Å². The van der Waals surface area contributed by atoms with Crippen LogP contribution in [0, 0.1) is 6.92 Å². The summed E-state index contributed by atoms with van der Waals surface area (Å²) >= 11 is 1.50. The molecule has 0 saturated heterocycles. The van der Waals surface area contributed by atoms with Crippen molar-refractivity contribution in [3.05, 3.63) is 87.2 Å². The van der Waals surface area contributed by atoms with Crippen molar-refractivity contribution in [3.8, 4) is 0 Å². The van der Waals surface area contributed by atoms with Crippen LogP contribution in [0.5, 0.6) is 0 Å². The number of aryl methyl sites for hydroxylation is 1. The van der Waals surface area contributed by atoms with Crippen LogP contribution >= 0.6 is 11.8 Å². The molecule has 2 aromatic carbocycles. The van der Waals surface area contributed by atoms with Gasteiger partial charge in [0.1, 0.15) is 5.82 Å². The largest absolute Gasteiger partial charge is 0.312 e. The van der Waals surface area contributed by atoms with E-state index in [1.54, 1.807) is 0 Å². The minimum absolute atomic E-state index is 0.0857. The molecule has 1 aliphatic heterocycles. The predicted octanol–water partition coefficient (Wildman–Crippen LogP) is 3.86. The molecule has 1 unspecified atom stereocenters. The number of nitrogens with zero attached hydrogens (tertiary/aromatic N) is 2. The van der Waals surface area contributed by atoms with Gasteiger partial charge < -0.3 is 9.88 Å². The molecule has 0 radical (unpaired) electrons. The summed E-state index contributed by atoms with van der Waals surface area (Å²) in [6.45, 7) is 2.07. The van der Waals surface area contributed by atoms with Crippen LogP contribution < -0.4 is 10.9 Å². The van der Waals surface area contributed by atoms with Gasteiger partial charge in [-0.3, -0.25) is 9.59 Å². The Morgan fingerprint density at radius 3 is 2.57 bits per heavy atom. The SMILES string of the molecule is Cc1ccccc1CSc1nc(=O)c2c(n1C)NC(=O)CC2c1ccccc1. The maximum Gasteiger partial charge on any atom is 0.279 e. The Balaban J connectivity index is 1.72. The summed E-state index contributed by atoms with van der Waals surface area (Å²) in [7, 11) is 1.85. The van der Waals surface area contributed by atoms with E-state index in [-0.39, 0.29) is 23.8 Å². The van der Waals surface area contributed by atoms with Crippen LogP contribution in [0.4, 0.5) is 5.82 Å². The van der Waals surface area contributed by atoms with Gasteiger partial charge in [-0.2, -0.15) is 4.98 Å². The predicted molar refractivity (Wildman–Crippen MR) is 112 cm³/mol. The molecule has 3 aromatic rings. The first-order valence-corrected chi connectivity index (χ1v) is 10.2. The standard InChI is InChI=1S/C22H21N3O2S/c1-14-8-6-7-11-16(14)13-28-22-24-21(27)19-17(15-9-4-3-5-10-15)12-18(26)23-20(19)25(22)2/h3-11,17H,12-13H2,1-2H3,(H,23,26). The molecule has 4 rings (SSSR count). The Morgan fingerprint density at radius 1 is 1.11 bits per heavy atom. The molecule has 142 valence electrons. The van der Waals surface area contributed by atoms with Crippen molar-refractivity contribution in [1.29, 1.82) is 0 Å². The van der Waals surface area contributed by atoms with E-state index in [0.29, 0.717) is 22.3 Å². The summed E-state index contributed by atoms with van der Waals surface area (Å²) in [5.74, 6) is 0.906. The van der Waals surface area contributed by atoms with Gasteiger partial charge in [0, 0.05) is 25.1 Å². The number of rotatable bonds is 4. The van der Waals surface area contributed by atoms with Gasteiger partial charge in [-0.1, -0.05) is 66.4 Å². The summed E-state index contributed by atoms with van der Waals surface area (Å²) < 4.78 is 1.83. The monoisotopic (exact) mass is 391 g/mol. The third-order valence-corrected chi connectivity index (χ3v) is 6.20. The summed E-state index contributed by atoms with van der Waals surface area (Å²) in [6.07, 6.45) is 0.254. The second kappa shape index (κ2) is 7.64. The normalized spacial score (nSPS) is 15.8. The zero-order valence-corrected chi connectivity index (χ0v) is 16.6. The van der Waals surface area contributed by atoms with Crippen LogP contribution in [-0.4, -0.2) is 15.5 Å². The second-order valence-corrected chi connectivity index (χ2v) is 7.89. The molecule has 6 heteroatoms. The first-order chi connectivity index (χ1) is 13.5. The van der Waals surface area contributed by atoms with Crippen LogP contribution in [0.1, 0.15) is 34.6 Å². The summed E-state index contributed by atoms with van der Waals surface area (Å²) in [6, 6.07) is 17.8. The van der Waals surface area contributed by atoms with Gasteiger partial charge >= 0.3 is 0 Å². The van der Waals surface area contributed by atoms with Crippen molar-refractivity contribution in [2.45, 2.75) is 30.2 Å². The molecule has 1 aromatic heterocycles. The lowest BCUT2D eigenvalue weighted by molar-refractivity contribution is -0.116. The number of nitrogens with one attached hydrogen (secondary N) is 1. The van der Waals surface area contributed by atoms with Crippen LogP contribution in [0.3, 0.4) is 0 Å². The highest BCUT2D eigenvalue weighted by molar-refractivity contribution is 7.98. The van der Waals surface area contributed by atoms with E-state index < -0.39 is 0 Å². The van der Waals surface area contributed by atoms with Gasteiger partial charge in [0.25, 0.3) is 5.56 Å². The molecular weight excluding hydrogens is 370 g/mol. The Kier molecular flexibility index (Phi) is 5.05. The Bertz CT molecular complexity index is 1090. The van der Waals surface area contributed by atoms with E-state index in [4.69, 9.17) is 0 Å².